The molecule has 0 bridgehead atoms. The fourth-order valence-electron chi connectivity index (χ4n) is 2.21. The lowest BCUT2D eigenvalue weighted by Gasteiger charge is -2.17. The quantitative estimate of drug-likeness (QED) is 0.824. The van der Waals surface area contributed by atoms with Crippen LogP contribution in [0.25, 0.3) is 10.8 Å². The van der Waals surface area contributed by atoms with Gasteiger partial charge in [-0.25, -0.2) is 4.79 Å². The molecule has 0 saturated heterocycles. The molecule has 2 unspecified atom stereocenters. The van der Waals surface area contributed by atoms with Crippen LogP contribution in [0.15, 0.2) is 42.5 Å². The Balaban J connectivity index is 2.13. The Morgan fingerprint density at radius 1 is 1.17 bits per heavy atom. The van der Waals surface area contributed by atoms with Crippen molar-refractivity contribution >= 4 is 22.6 Å². The molecule has 0 fully saturated rings. The summed E-state index contributed by atoms with van der Waals surface area (Å²) in [6, 6.07) is 11.9. The van der Waals surface area contributed by atoms with Crippen molar-refractivity contribution in [3.8, 4) is 0 Å². The molecule has 0 saturated carbocycles. The number of carbonyl (C=O) groups is 2. The Hall–Kier alpha value is -2.40. The number of carboxylic acid groups (broad SMARTS) is 1. The molecule has 0 spiro atoms. The highest BCUT2D eigenvalue weighted by Gasteiger charge is 2.22. The number of aliphatic carboxylic acids is 1. The third kappa shape index (κ3) is 4.53. The van der Waals surface area contributed by atoms with Crippen molar-refractivity contribution in [1.29, 1.82) is 0 Å². The predicted octanol–water partition coefficient (Wildman–Crippen LogP) is 2.90. The molecule has 122 valence electrons. The van der Waals surface area contributed by atoms with E-state index in [9.17, 15) is 14.7 Å². The van der Waals surface area contributed by atoms with E-state index in [1.165, 1.54) is 0 Å². The van der Waals surface area contributed by atoms with Crippen molar-refractivity contribution in [3.63, 3.8) is 0 Å². The molecule has 0 aliphatic heterocycles. The van der Waals surface area contributed by atoms with E-state index in [1.807, 2.05) is 44.2 Å². The van der Waals surface area contributed by atoms with E-state index in [2.05, 4.69) is 5.32 Å². The van der Waals surface area contributed by atoms with Crippen LogP contribution >= 0.6 is 0 Å². The Morgan fingerprint density at radius 2 is 1.87 bits per heavy atom. The zero-order valence-electron chi connectivity index (χ0n) is 13.3. The van der Waals surface area contributed by atoms with Crippen LogP contribution in [0.4, 0.5) is 0 Å². The van der Waals surface area contributed by atoms with Crippen molar-refractivity contribution in [2.45, 2.75) is 32.4 Å². The molecular formula is C18H21NO4. The molecule has 0 radical (unpaired) electrons. The van der Waals surface area contributed by atoms with Gasteiger partial charge in [-0.2, -0.15) is 0 Å². The Morgan fingerprint density at radius 3 is 2.52 bits per heavy atom. The topological polar surface area (TPSA) is 75.6 Å². The van der Waals surface area contributed by atoms with Gasteiger partial charge in [0.1, 0.15) is 6.61 Å². The van der Waals surface area contributed by atoms with E-state index in [0.717, 1.165) is 17.2 Å². The number of rotatable bonds is 7. The van der Waals surface area contributed by atoms with Crippen molar-refractivity contribution in [1.82, 2.24) is 5.32 Å². The first kappa shape index (κ1) is 17.0. The van der Waals surface area contributed by atoms with Crippen LogP contribution in [0.5, 0.6) is 0 Å². The fourth-order valence-corrected chi connectivity index (χ4v) is 2.21. The van der Waals surface area contributed by atoms with Crippen LogP contribution in [-0.4, -0.2) is 29.7 Å². The predicted molar refractivity (Wildman–Crippen MR) is 88.2 cm³/mol. The lowest BCUT2D eigenvalue weighted by Crippen LogP contribution is -2.36. The summed E-state index contributed by atoms with van der Waals surface area (Å²) in [5, 5.41) is 13.9. The average molecular weight is 315 g/mol. The van der Waals surface area contributed by atoms with Gasteiger partial charge in [-0.1, -0.05) is 43.3 Å². The molecule has 1 amide bonds. The molecule has 2 N–H and O–H groups in total. The number of amides is 1. The van der Waals surface area contributed by atoms with Crippen molar-refractivity contribution in [2.24, 2.45) is 0 Å². The molecule has 2 rings (SSSR count). The Labute approximate surface area is 135 Å². The summed E-state index contributed by atoms with van der Waals surface area (Å²) < 4.78 is 5.33. The number of benzene rings is 2. The molecule has 5 nitrogen and oxygen atoms in total. The van der Waals surface area contributed by atoms with Crippen LogP contribution in [0.3, 0.4) is 0 Å². The summed E-state index contributed by atoms with van der Waals surface area (Å²) in [7, 11) is 0. The van der Waals surface area contributed by atoms with E-state index in [4.69, 9.17) is 4.74 Å². The largest absolute Gasteiger partial charge is 0.479 e. The van der Waals surface area contributed by atoms with E-state index in [0.29, 0.717) is 5.56 Å². The third-order valence-corrected chi connectivity index (χ3v) is 3.73. The summed E-state index contributed by atoms with van der Waals surface area (Å²) in [5.74, 6) is -1.54. The van der Waals surface area contributed by atoms with Gasteiger partial charge in [0, 0.05) is 0 Å². The molecule has 2 aromatic rings. The van der Waals surface area contributed by atoms with Gasteiger partial charge in [0.2, 0.25) is 5.91 Å². The Bertz CT molecular complexity index is 698. The maximum absolute atomic E-state index is 11.9. The number of ether oxygens (including phenoxy) is 1. The van der Waals surface area contributed by atoms with Gasteiger partial charge in [0.05, 0.1) is 6.10 Å². The fraction of sp³-hybridized carbons (Fsp3) is 0.333. The minimum Gasteiger partial charge on any atom is -0.479 e. The first-order valence-electron chi connectivity index (χ1n) is 7.63. The highest BCUT2D eigenvalue weighted by Crippen LogP contribution is 2.20. The summed E-state index contributed by atoms with van der Waals surface area (Å²) in [6.07, 6.45) is 0.755. The molecule has 0 aromatic heterocycles. The molecule has 2 aromatic carbocycles. The number of hydrogen-bond donors (Lipinski definition) is 2. The molecule has 2 atom stereocenters. The molecule has 0 heterocycles. The minimum absolute atomic E-state index is 0.0373. The monoisotopic (exact) mass is 315 g/mol. The van der Waals surface area contributed by atoms with E-state index >= 15 is 0 Å². The third-order valence-electron chi connectivity index (χ3n) is 3.73. The normalized spacial score (nSPS) is 13.5. The SMILES string of the molecule is CCC(C)OCC(=O)NC(C(=O)O)c1ccc2ccccc2c1. The number of fused-ring (bicyclic) bond motifs is 1. The molecule has 0 aliphatic rings. The summed E-state index contributed by atoms with van der Waals surface area (Å²) in [5.41, 5.74) is 0.535. The van der Waals surface area contributed by atoms with Gasteiger partial charge in [-0.05, 0) is 35.7 Å². The molecule has 23 heavy (non-hydrogen) atoms. The Kier molecular flexibility index (Phi) is 5.71. The van der Waals surface area contributed by atoms with Crippen LogP contribution in [-0.2, 0) is 14.3 Å². The van der Waals surface area contributed by atoms with Crippen molar-refractivity contribution < 1.29 is 19.4 Å². The first-order chi connectivity index (χ1) is 11.0. The van der Waals surface area contributed by atoms with Crippen LogP contribution in [0, 0.1) is 0 Å². The van der Waals surface area contributed by atoms with Crippen molar-refractivity contribution in [3.05, 3.63) is 48.0 Å². The van der Waals surface area contributed by atoms with E-state index in [-0.39, 0.29) is 12.7 Å². The maximum atomic E-state index is 11.9. The van der Waals surface area contributed by atoms with E-state index in [1.54, 1.807) is 12.1 Å². The maximum Gasteiger partial charge on any atom is 0.330 e. The second-order valence-corrected chi connectivity index (χ2v) is 5.48. The molecular weight excluding hydrogens is 294 g/mol. The van der Waals surface area contributed by atoms with Crippen molar-refractivity contribution in [2.75, 3.05) is 6.61 Å². The van der Waals surface area contributed by atoms with Gasteiger partial charge in [-0.3, -0.25) is 4.79 Å². The number of nitrogens with one attached hydrogen (secondary N) is 1. The van der Waals surface area contributed by atoms with Gasteiger partial charge < -0.3 is 15.2 Å². The standard InChI is InChI=1S/C18H21NO4/c1-3-12(2)23-11-16(20)19-17(18(21)22)15-9-8-13-6-4-5-7-14(13)10-15/h4-10,12,17H,3,11H2,1-2H3,(H,19,20)(H,21,22). The second-order valence-electron chi connectivity index (χ2n) is 5.48. The average Bonchev–Trinajstić information content (AvgIpc) is 2.56. The van der Waals surface area contributed by atoms with Gasteiger partial charge in [0.25, 0.3) is 0 Å². The zero-order chi connectivity index (χ0) is 16.8. The number of hydrogen-bond acceptors (Lipinski definition) is 3. The number of carbonyl (C=O) groups excluding carboxylic acids is 1. The van der Waals surface area contributed by atoms with Crippen LogP contribution in [0.1, 0.15) is 31.9 Å². The summed E-state index contributed by atoms with van der Waals surface area (Å²) in [4.78, 5) is 23.4. The lowest BCUT2D eigenvalue weighted by molar-refractivity contribution is -0.143. The smallest absolute Gasteiger partial charge is 0.330 e. The van der Waals surface area contributed by atoms with Gasteiger partial charge in [-0.15, -0.1) is 0 Å². The molecule has 5 heteroatoms. The highest BCUT2D eigenvalue weighted by atomic mass is 16.5. The first-order valence-corrected chi connectivity index (χ1v) is 7.63. The van der Waals surface area contributed by atoms with Crippen LogP contribution in [0.2, 0.25) is 0 Å². The highest BCUT2D eigenvalue weighted by molar-refractivity contribution is 5.88. The second kappa shape index (κ2) is 7.74. The minimum atomic E-state index is -1.10. The van der Waals surface area contributed by atoms with Gasteiger partial charge in [0.15, 0.2) is 6.04 Å². The lowest BCUT2D eigenvalue weighted by atomic mass is 10.0. The zero-order valence-corrected chi connectivity index (χ0v) is 13.3. The summed E-state index contributed by atoms with van der Waals surface area (Å²) in [6.45, 7) is 3.68. The number of carboxylic acids is 1. The summed E-state index contributed by atoms with van der Waals surface area (Å²) >= 11 is 0. The molecule has 0 aliphatic carbocycles. The van der Waals surface area contributed by atoms with E-state index < -0.39 is 17.9 Å². The van der Waals surface area contributed by atoms with Gasteiger partial charge >= 0.3 is 5.97 Å². The van der Waals surface area contributed by atoms with Crippen LogP contribution < -0.4 is 5.32 Å².